The van der Waals surface area contributed by atoms with Crippen molar-refractivity contribution in [1.29, 1.82) is 0 Å². The van der Waals surface area contributed by atoms with Gasteiger partial charge in [0.2, 0.25) is 0 Å². The minimum absolute atomic E-state index is 0.0803. The SMILES string of the molecule is CCC(C)(C)Nc1nc2c3ccc(F)cc3c3c(=O)[nH]ccc3c2s1. The van der Waals surface area contributed by atoms with Crippen LogP contribution in [0.1, 0.15) is 27.2 Å². The van der Waals surface area contributed by atoms with Gasteiger partial charge in [-0.1, -0.05) is 18.3 Å². The molecule has 0 aliphatic heterocycles. The van der Waals surface area contributed by atoms with Gasteiger partial charge in [0.25, 0.3) is 5.56 Å². The molecule has 0 bridgehead atoms. The fourth-order valence-corrected chi connectivity index (χ4v) is 4.17. The first kappa shape index (κ1) is 16.0. The van der Waals surface area contributed by atoms with E-state index in [0.29, 0.717) is 10.8 Å². The highest BCUT2D eigenvalue weighted by Gasteiger charge is 2.20. The largest absolute Gasteiger partial charge is 0.357 e. The third-order valence-corrected chi connectivity index (χ3v) is 5.67. The topological polar surface area (TPSA) is 57.8 Å². The third-order valence-electron chi connectivity index (χ3n) is 4.67. The first-order valence-electron chi connectivity index (χ1n) is 8.21. The lowest BCUT2D eigenvalue weighted by atomic mass is 10.0. The number of aromatic amines is 1. The van der Waals surface area contributed by atoms with Gasteiger partial charge in [-0.3, -0.25) is 4.79 Å². The van der Waals surface area contributed by atoms with Crippen LogP contribution in [0.15, 0.2) is 35.3 Å². The van der Waals surface area contributed by atoms with Gasteiger partial charge < -0.3 is 10.3 Å². The molecule has 0 fully saturated rings. The van der Waals surface area contributed by atoms with Crippen molar-refractivity contribution in [2.24, 2.45) is 0 Å². The quantitative estimate of drug-likeness (QED) is 0.507. The fraction of sp³-hybridized carbons (Fsp3) is 0.263. The number of aromatic nitrogens is 2. The molecule has 0 unspecified atom stereocenters. The maximum Gasteiger partial charge on any atom is 0.256 e. The van der Waals surface area contributed by atoms with Gasteiger partial charge in [0.1, 0.15) is 5.82 Å². The van der Waals surface area contributed by atoms with Crippen LogP contribution in [0.2, 0.25) is 0 Å². The van der Waals surface area contributed by atoms with E-state index in [1.807, 2.05) is 6.07 Å². The van der Waals surface area contributed by atoms with Crippen molar-refractivity contribution in [2.75, 3.05) is 5.32 Å². The maximum absolute atomic E-state index is 13.8. The molecule has 128 valence electrons. The molecular weight excluding hydrogens is 337 g/mol. The average molecular weight is 355 g/mol. The van der Waals surface area contributed by atoms with E-state index in [9.17, 15) is 9.18 Å². The standard InChI is InChI=1S/C19H18FN3OS/c1-4-19(2,3)23-18-22-15-11-6-5-10(20)9-13(11)14-12(16(15)25-18)7-8-21-17(14)24/h5-9H,4H2,1-3H3,(H,21,24)(H,22,23). The lowest BCUT2D eigenvalue weighted by molar-refractivity contribution is 0.547. The highest BCUT2D eigenvalue weighted by Crippen LogP contribution is 2.39. The molecule has 2 N–H and O–H groups in total. The van der Waals surface area contributed by atoms with Crippen LogP contribution in [-0.4, -0.2) is 15.5 Å². The Morgan fingerprint density at radius 2 is 2.04 bits per heavy atom. The number of nitrogens with zero attached hydrogens (tertiary/aromatic N) is 1. The van der Waals surface area contributed by atoms with E-state index >= 15 is 0 Å². The van der Waals surface area contributed by atoms with Crippen LogP contribution >= 0.6 is 11.3 Å². The summed E-state index contributed by atoms with van der Waals surface area (Å²) in [6, 6.07) is 6.38. The van der Waals surface area contributed by atoms with Gasteiger partial charge in [-0.05, 0) is 44.5 Å². The molecule has 0 amide bonds. The Balaban J connectivity index is 2.14. The molecule has 0 spiro atoms. The van der Waals surface area contributed by atoms with Crippen molar-refractivity contribution in [1.82, 2.24) is 9.97 Å². The van der Waals surface area contributed by atoms with E-state index < -0.39 is 0 Å². The van der Waals surface area contributed by atoms with Crippen molar-refractivity contribution >= 4 is 48.2 Å². The summed E-state index contributed by atoms with van der Waals surface area (Å²) >= 11 is 1.53. The number of benzene rings is 2. The highest BCUT2D eigenvalue weighted by atomic mass is 32.1. The Labute approximate surface area is 147 Å². The summed E-state index contributed by atoms with van der Waals surface area (Å²) in [5.74, 6) is -0.364. The molecule has 25 heavy (non-hydrogen) atoms. The van der Waals surface area contributed by atoms with Gasteiger partial charge in [0, 0.05) is 27.9 Å². The monoisotopic (exact) mass is 355 g/mol. The van der Waals surface area contributed by atoms with E-state index in [1.165, 1.54) is 23.5 Å². The van der Waals surface area contributed by atoms with E-state index in [1.54, 1.807) is 12.3 Å². The molecule has 4 nitrogen and oxygen atoms in total. The van der Waals surface area contributed by atoms with Gasteiger partial charge in [-0.25, -0.2) is 9.37 Å². The second kappa shape index (κ2) is 5.52. The van der Waals surface area contributed by atoms with Crippen LogP contribution in [0.25, 0.3) is 31.8 Å². The van der Waals surface area contributed by atoms with Crippen molar-refractivity contribution in [3.63, 3.8) is 0 Å². The van der Waals surface area contributed by atoms with Crippen molar-refractivity contribution in [2.45, 2.75) is 32.7 Å². The van der Waals surface area contributed by atoms with E-state index in [4.69, 9.17) is 4.98 Å². The van der Waals surface area contributed by atoms with Gasteiger partial charge in [-0.2, -0.15) is 0 Å². The molecule has 0 radical (unpaired) electrons. The van der Waals surface area contributed by atoms with Crippen molar-refractivity contribution in [3.05, 3.63) is 46.6 Å². The minimum Gasteiger partial charge on any atom is -0.357 e. The third kappa shape index (κ3) is 2.57. The Morgan fingerprint density at radius 3 is 2.80 bits per heavy atom. The predicted molar refractivity (Wildman–Crippen MR) is 103 cm³/mol. The lowest BCUT2D eigenvalue weighted by Gasteiger charge is -2.23. The highest BCUT2D eigenvalue weighted by molar-refractivity contribution is 7.23. The predicted octanol–water partition coefficient (Wildman–Crippen LogP) is 5.03. The van der Waals surface area contributed by atoms with Crippen LogP contribution in [0.5, 0.6) is 0 Å². The van der Waals surface area contributed by atoms with E-state index in [0.717, 1.165) is 32.5 Å². The number of hydrogen-bond donors (Lipinski definition) is 2. The zero-order valence-corrected chi connectivity index (χ0v) is 15.1. The number of anilines is 1. The van der Waals surface area contributed by atoms with Gasteiger partial charge in [0.15, 0.2) is 5.13 Å². The molecule has 2 heterocycles. The summed E-state index contributed by atoms with van der Waals surface area (Å²) in [5.41, 5.74) is 0.502. The fourth-order valence-electron chi connectivity index (χ4n) is 2.98. The number of rotatable bonds is 3. The summed E-state index contributed by atoms with van der Waals surface area (Å²) in [7, 11) is 0. The number of pyridine rings is 1. The lowest BCUT2D eigenvalue weighted by Crippen LogP contribution is -2.29. The second-order valence-electron chi connectivity index (χ2n) is 6.84. The van der Waals surface area contributed by atoms with Crippen LogP contribution < -0.4 is 10.9 Å². The average Bonchev–Trinajstić information content (AvgIpc) is 2.98. The van der Waals surface area contributed by atoms with E-state index in [2.05, 4.69) is 31.1 Å². The first-order valence-corrected chi connectivity index (χ1v) is 9.02. The number of hydrogen-bond acceptors (Lipinski definition) is 4. The summed E-state index contributed by atoms with van der Waals surface area (Å²) in [6.07, 6.45) is 2.58. The molecule has 0 saturated carbocycles. The van der Waals surface area contributed by atoms with Crippen molar-refractivity contribution in [3.8, 4) is 0 Å². The summed E-state index contributed by atoms with van der Waals surface area (Å²) in [5, 5.41) is 6.96. The van der Waals surface area contributed by atoms with Crippen molar-refractivity contribution < 1.29 is 4.39 Å². The van der Waals surface area contributed by atoms with E-state index in [-0.39, 0.29) is 16.9 Å². The second-order valence-corrected chi connectivity index (χ2v) is 7.84. The van der Waals surface area contributed by atoms with Crippen LogP contribution in [0.3, 0.4) is 0 Å². The first-order chi connectivity index (χ1) is 11.9. The normalized spacial score (nSPS) is 12.3. The number of thiazole rings is 1. The Hall–Kier alpha value is -2.47. The Bertz CT molecular complexity index is 1180. The smallest absolute Gasteiger partial charge is 0.256 e. The molecule has 4 rings (SSSR count). The summed E-state index contributed by atoms with van der Waals surface area (Å²) < 4.78 is 14.8. The molecular formula is C19H18FN3OS. The van der Waals surface area contributed by atoms with Crippen LogP contribution in [0.4, 0.5) is 9.52 Å². The van der Waals surface area contributed by atoms with Gasteiger partial charge in [0.05, 0.1) is 15.6 Å². The number of halogens is 1. The Morgan fingerprint density at radius 1 is 1.24 bits per heavy atom. The molecule has 2 aromatic heterocycles. The zero-order chi connectivity index (χ0) is 17.8. The molecule has 4 aromatic rings. The molecule has 0 atom stereocenters. The zero-order valence-electron chi connectivity index (χ0n) is 14.2. The Kier molecular flexibility index (Phi) is 3.54. The van der Waals surface area contributed by atoms with Crippen LogP contribution in [0, 0.1) is 5.82 Å². The molecule has 6 heteroatoms. The molecule has 0 saturated heterocycles. The maximum atomic E-state index is 13.8. The van der Waals surface area contributed by atoms with Gasteiger partial charge >= 0.3 is 0 Å². The number of H-pyrrole nitrogens is 1. The summed E-state index contributed by atoms with van der Waals surface area (Å²) in [6.45, 7) is 6.36. The number of nitrogens with one attached hydrogen (secondary N) is 2. The van der Waals surface area contributed by atoms with Crippen LogP contribution in [-0.2, 0) is 0 Å². The van der Waals surface area contributed by atoms with Gasteiger partial charge in [-0.15, -0.1) is 0 Å². The minimum atomic E-state index is -0.364. The molecule has 0 aliphatic rings. The number of fused-ring (bicyclic) bond motifs is 6. The molecule has 2 aromatic carbocycles. The molecule has 0 aliphatic carbocycles. The summed E-state index contributed by atoms with van der Waals surface area (Å²) in [4.78, 5) is 19.9.